The van der Waals surface area contributed by atoms with E-state index in [1.165, 1.54) is 18.2 Å². The molecule has 0 unspecified atom stereocenters. The van der Waals surface area contributed by atoms with Crippen molar-refractivity contribution in [3.8, 4) is 5.75 Å². The zero-order chi connectivity index (χ0) is 24.0. The SMILES string of the molecule is CCOc1ccc(S(=O)(=O)N[C@H](Cc2ccccc2)C(=O)Nc2ccc(Cl)c(Cl)c2)cc1C. The van der Waals surface area contributed by atoms with E-state index in [9.17, 15) is 13.2 Å². The number of aryl methyl sites for hydroxylation is 1. The highest BCUT2D eigenvalue weighted by molar-refractivity contribution is 7.89. The summed E-state index contributed by atoms with van der Waals surface area (Å²) >= 11 is 12.0. The van der Waals surface area contributed by atoms with E-state index in [1.807, 2.05) is 37.3 Å². The molecule has 0 aliphatic rings. The van der Waals surface area contributed by atoms with Crippen LogP contribution in [-0.2, 0) is 21.2 Å². The van der Waals surface area contributed by atoms with Crippen LogP contribution in [0.4, 0.5) is 5.69 Å². The summed E-state index contributed by atoms with van der Waals surface area (Å²) in [6, 6.07) is 17.3. The van der Waals surface area contributed by atoms with Crippen molar-refractivity contribution in [1.82, 2.24) is 4.72 Å². The third kappa shape index (κ3) is 6.71. The van der Waals surface area contributed by atoms with Crippen LogP contribution in [0.5, 0.6) is 5.75 Å². The molecule has 3 aromatic carbocycles. The van der Waals surface area contributed by atoms with E-state index in [2.05, 4.69) is 10.0 Å². The Hall–Kier alpha value is -2.58. The summed E-state index contributed by atoms with van der Waals surface area (Å²) in [6.07, 6.45) is 0.156. The van der Waals surface area contributed by atoms with Gasteiger partial charge in [0, 0.05) is 5.69 Å². The van der Waals surface area contributed by atoms with E-state index >= 15 is 0 Å². The first kappa shape index (κ1) is 25.1. The molecular formula is C24H24Cl2N2O4S. The fourth-order valence-electron chi connectivity index (χ4n) is 3.20. The van der Waals surface area contributed by atoms with Crippen LogP contribution in [0.2, 0.25) is 10.0 Å². The van der Waals surface area contributed by atoms with Gasteiger partial charge in [0.1, 0.15) is 11.8 Å². The van der Waals surface area contributed by atoms with E-state index in [-0.39, 0.29) is 16.3 Å². The number of ether oxygens (including phenoxy) is 1. The second-order valence-corrected chi connectivity index (χ2v) is 9.87. The highest BCUT2D eigenvalue weighted by Gasteiger charge is 2.27. The molecule has 1 atom stereocenters. The van der Waals surface area contributed by atoms with Crippen LogP contribution in [0.3, 0.4) is 0 Å². The van der Waals surface area contributed by atoms with Gasteiger partial charge in [0.15, 0.2) is 0 Å². The monoisotopic (exact) mass is 506 g/mol. The van der Waals surface area contributed by atoms with Gasteiger partial charge in [-0.25, -0.2) is 8.42 Å². The standard InChI is InChI=1S/C24H24Cl2N2O4S/c1-3-32-23-12-10-19(13-16(23)2)33(30,31)28-22(14-17-7-5-4-6-8-17)24(29)27-18-9-11-20(25)21(26)15-18/h4-13,15,22,28H,3,14H2,1-2H3,(H,27,29)/t22-/m1/s1. The largest absolute Gasteiger partial charge is 0.494 e. The van der Waals surface area contributed by atoms with Crippen LogP contribution in [-0.4, -0.2) is 27.0 Å². The Labute approximate surface area is 203 Å². The van der Waals surface area contributed by atoms with Crippen molar-refractivity contribution < 1.29 is 17.9 Å². The molecule has 174 valence electrons. The molecule has 0 saturated heterocycles. The first-order valence-corrected chi connectivity index (χ1v) is 12.5. The van der Waals surface area contributed by atoms with Gasteiger partial charge >= 0.3 is 0 Å². The third-order valence-corrected chi connectivity index (χ3v) is 7.05. The Kier molecular flexibility index (Phi) is 8.37. The molecule has 3 rings (SSSR count). The lowest BCUT2D eigenvalue weighted by atomic mass is 10.1. The van der Waals surface area contributed by atoms with Crippen LogP contribution in [0.15, 0.2) is 71.6 Å². The average molecular weight is 507 g/mol. The van der Waals surface area contributed by atoms with Gasteiger partial charge in [0.25, 0.3) is 0 Å². The lowest BCUT2D eigenvalue weighted by molar-refractivity contribution is -0.117. The summed E-state index contributed by atoms with van der Waals surface area (Å²) in [4.78, 5) is 13.1. The molecule has 2 N–H and O–H groups in total. The van der Waals surface area contributed by atoms with Crippen LogP contribution in [0.1, 0.15) is 18.1 Å². The molecule has 0 bridgehead atoms. The van der Waals surface area contributed by atoms with Crippen molar-refractivity contribution in [1.29, 1.82) is 0 Å². The Bertz CT molecular complexity index is 1230. The number of nitrogens with one attached hydrogen (secondary N) is 2. The molecule has 0 aromatic heterocycles. The summed E-state index contributed by atoms with van der Waals surface area (Å²) in [5, 5.41) is 3.34. The minimum absolute atomic E-state index is 0.0452. The lowest BCUT2D eigenvalue weighted by Crippen LogP contribution is -2.45. The zero-order valence-electron chi connectivity index (χ0n) is 18.1. The molecule has 3 aromatic rings. The number of sulfonamides is 1. The van der Waals surface area contributed by atoms with Gasteiger partial charge in [-0.3, -0.25) is 4.79 Å². The minimum Gasteiger partial charge on any atom is -0.494 e. The van der Waals surface area contributed by atoms with Gasteiger partial charge < -0.3 is 10.1 Å². The summed E-state index contributed by atoms with van der Waals surface area (Å²) in [6.45, 7) is 4.09. The first-order chi connectivity index (χ1) is 15.7. The fourth-order valence-corrected chi connectivity index (χ4v) is 4.78. The van der Waals surface area contributed by atoms with Gasteiger partial charge in [-0.15, -0.1) is 0 Å². The maximum Gasteiger partial charge on any atom is 0.242 e. The smallest absolute Gasteiger partial charge is 0.242 e. The summed E-state index contributed by atoms with van der Waals surface area (Å²) in [7, 11) is -4.00. The molecule has 0 aliphatic carbocycles. The van der Waals surface area contributed by atoms with Gasteiger partial charge in [-0.2, -0.15) is 4.72 Å². The maximum atomic E-state index is 13.1. The van der Waals surface area contributed by atoms with Gasteiger partial charge in [-0.1, -0.05) is 53.5 Å². The molecule has 0 saturated carbocycles. The fraction of sp³-hybridized carbons (Fsp3) is 0.208. The number of hydrogen-bond donors (Lipinski definition) is 2. The van der Waals surface area contributed by atoms with Gasteiger partial charge in [0.2, 0.25) is 15.9 Å². The Morgan fingerprint density at radius 1 is 1.00 bits per heavy atom. The molecule has 0 aliphatic heterocycles. The zero-order valence-corrected chi connectivity index (χ0v) is 20.5. The topological polar surface area (TPSA) is 84.5 Å². The van der Waals surface area contributed by atoms with E-state index in [0.29, 0.717) is 28.6 Å². The van der Waals surface area contributed by atoms with Crippen LogP contribution in [0.25, 0.3) is 0 Å². The Morgan fingerprint density at radius 2 is 1.73 bits per heavy atom. The van der Waals surface area contributed by atoms with Crippen LogP contribution < -0.4 is 14.8 Å². The predicted molar refractivity (Wildman–Crippen MR) is 132 cm³/mol. The summed E-state index contributed by atoms with van der Waals surface area (Å²) in [5.74, 6) is 0.0816. The number of amides is 1. The Balaban J connectivity index is 1.87. The Morgan fingerprint density at radius 3 is 2.36 bits per heavy atom. The molecular weight excluding hydrogens is 483 g/mol. The van der Waals surface area contributed by atoms with E-state index in [0.717, 1.165) is 5.56 Å². The molecule has 0 fully saturated rings. The quantitative estimate of drug-likeness (QED) is 0.416. The number of benzene rings is 3. The molecule has 0 radical (unpaired) electrons. The average Bonchev–Trinajstić information content (AvgIpc) is 2.78. The second-order valence-electron chi connectivity index (χ2n) is 7.34. The summed E-state index contributed by atoms with van der Waals surface area (Å²) in [5.41, 5.74) is 1.89. The van der Waals surface area contributed by atoms with Crippen LogP contribution in [0, 0.1) is 6.92 Å². The van der Waals surface area contributed by atoms with E-state index in [4.69, 9.17) is 27.9 Å². The molecule has 33 heavy (non-hydrogen) atoms. The van der Waals surface area contributed by atoms with Crippen molar-refractivity contribution >= 4 is 44.8 Å². The molecule has 6 nitrogen and oxygen atoms in total. The molecule has 0 heterocycles. The highest BCUT2D eigenvalue weighted by atomic mass is 35.5. The molecule has 9 heteroatoms. The second kappa shape index (κ2) is 11.0. The van der Waals surface area contributed by atoms with Crippen molar-refractivity contribution in [3.05, 3.63) is 87.9 Å². The van der Waals surface area contributed by atoms with E-state index in [1.54, 1.807) is 25.1 Å². The predicted octanol–water partition coefficient (Wildman–Crippen LogP) is 5.23. The van der Waals surface area contributed by atoms with Gasteiger partial charge in [0.05, 0.1) is 21.5 Å². The number of carbonyl (C=O) groups excluding carboxylic acids is 1. The number of anilines is 1. The number of halogens is 2. The lowest BCUT2D eigenvalue weighted by Gasteiger charge is -2.19. The third-order valence-electron chi connectivity index (χ3n) is 4.84. The normalized spacial score (nSPS) is 12.2. The first-order valence-electron chi connectivity index (χ1n) is 10.2. The van der Waals surface area contributed by atoms with Crippen LogP contribution >= 0.6 is 23.2 Å². The number of rotatable bonds is 9. The number of carbonyl (C=O) groups is 1. The van der Waals surface area contributed by atoms with Crippen molar-refractivity contribution in [2.75, 3.05) is 11.9 Å². The number of hydrogen-bond acceptors (Lipinski definition) is 4. The summed E-state index contributed by atoms with van der Waals surface area (Å²) < 4.78 is 34.3. The van der Waals surface area contributed by atoms with Gasteiger partial charge in [-0.05, 0) is 67.8 Å². The minimum atomic E-state index is -4.00. The highest BCUT2D eigenvalue weighted by Crippen LogP contribution is 2.26. The van der Waals surface area contributed by atoms with Crippen molar-refractivity contribution in [3.63, 3.8) is 0 Å². The van der Waals surface area contributed by atoms with Crippen molar-refractivity contribution in [2.24, 2.45) is 0 Å². The maximum absolute atomic E-state index is 13.1. The molecule has 0 spiro atoms. The molecule has 1 amide bonds. The van der Waals surface area contributed by atoms with E-state index < -0.39 is 22.0 Å². The van der Waals surface area contributed by atoms with Crippen molar-refractivity contribution in [2.45, 2.75) is 31.2 Å².